The number of nitrogens with zero attached hydrogens (tertiary/aromatic N) is 3. The predicted molar refractivity (Wildman–Crippen MR) is 93.9 cm³/mol. The van der Waals surface area contributed by atoms with Gasteiger partial charge >= 0.3 is 0 Å². The molecule has 3 aromatic rings. The average molecular weight is 390 g/mol. The summed E-state index contributed by atoms with van der Waals surface area (Å²) in [7, 11) is 0. The van der Waals surface area contributed by atoms with Crippen molar-refractivity contribution in [3.05, 3.63) is 70.5 Å². The van der Waals surface area contributed by atoms with E-state index in [9.17, 15) is 13.6 Å². The van der Waals surface area contributed by atoms with Gasteiger partial charge in [0.15, 0.2) is 5.82 Å². The lowest BCUT2D eigenvalue weighted by atomic mass is 10.1. The third-order valence-electron chi connectivity index (χ3n) is 4.39. The first-order chi connectivity index (χ1) is 13.0. The number of hydrogen-bond acceptors (Lipinski definition) is 4. The zero-order valence-electron chi connectivity index (χ0n) is 14.0. The number of carbonyl (C=O) groups is 1. The van der Waals surface area contributed by atoms with Gasteiger partial charge in [-0.25, -0.2) is 8.78 Å². The predicted octanol–water partition coefficient (Wildman–Crippen LogP) is 4.18. The first-order valence-electron chi connectivity index (χ1n) is 8.30. The molecule has 1 saturated heterocycles. The van der Waals surface area contributed by atoms with Crippen molar-refractivity contribution in [3.8, 4) is 11.5 Å². The number of aromatic nitrogens is 2. The number of benzene rings is 2. The second kappa shape index (κ2) is 7.08. The molecule has 0 radical (unpaired) electrons. The van der Waals surface area contributed by atoms with E-state index in [2.05, 4.69) is 10.1 Å². The first kappa shape index (κ1) is 17.6. The SMILES string of the molecule is O=C1CC(c2noc(-c3cccc(Cl)c3)n2)CN1Cc1cc(F)cc(F)c1. The van der Waals surface area contributed by atoms with Crippen molar-refractivity contribution >= 4 is 17.5 Å². The Bertz CT molecular complexity index is 988. The highest BCUT2D eigenvalue weighted by atomic mass is 35.5. The third-order valence-corrected chi connectivity index (χ3v) is 4.62. The van der Waals surface area contributed by atoms with E-state index in [1.165, 1.54) is 17.0 Å². The lowest BCUT2D eigenvalue weighted by Crippen LogP contribution is -2.24. The Kier molecular flexibility index (Phi) is 4.61. The second-order valence-electron chi connectivity index (χ2n) is 6.42. The molecule has 1 fully saturated rings. The van der Waals surface area contributed by atoms with E-state index in [0.717, 1.165) is 6.07 Å². The number of hydrogen-bond donors (Lipinski definition) is 0. The van der Waals surface area contributed by atoms with Crippen LogP contribution in [0.2, 0.25) is 5.02 Å². The Labute approximate surface area is 158 Å². The molecule has 2 heterocycles. The Morgan fingerprint density at radius 1 is 1.19 bits per heavy atom. The van der Waals surface area contributed by atoms with Crippen molar-refractivity contribution in [1.82, 2.24) is 15.0 Å². The molecule has 1 amide bonds. The molecule has 1 aliphatic rings. The Hall–Kier alpha value is -2.80. The van der Waals surface area contributed by atoms with Crippen LogP contribution in [0.1, 0.15) is 23.7 Å². The lowest BCUT2D eigenvalue weighted by Gasteiger charge is -2.16. The van der Waals surface area contributed by atoms with Crippen LogP contribution in [0.25, 0.3) is 11.5 Å². The zero-order valence-corrected chi connectivity index (χ0v) is 14.8. The highest BCUT2D eigenvalue weighted by Crippen LogP contribution is 2.30. The second-order valence-corrected chi connectivity index (χ2v) is 6.86. The third kappa shape index (κ3) is 3.83. The number of rotatable bonds is 4. The molecule has 1 atom stereocenters. The van der Waals surface area contributed by atoms with Gasteiger partial charge in [0.25, 0.3) is 5.89 Å². The molecule has 4 rings (SSSR count). The molecular formula is C19H14ClF2N3O2. The van der Waals surface area contributed by atoms with Crippen LogP contribution >= 0.6 is 11.6 Å². The van der Waals surface area contributed by atoms with Crippen LogP contribution in [0.15, 0.2) is 47.0 Å². The molecule has 0 N–H and O–H groups in total. The van der Waals surface area contributed by atoms with Gasteiger partial charge in [-0.1, -0.05) is 22.8 Å². The monoisotopic (exact) mass is 389 g/mol. The largest absolute Gasteiger partial charge is 0.338 e. The average Bonchev–Trinajstić information content (AvgIpc) is 3.22. The van der Waals surface area contributed by atoms with E-state index in [1.807, 2.05) is 0 Å². The van der Waals surface area contributed by atoms with Crippen LogP contribution in [-0.2, 0) is 11.3 Å². The number of likely N-dealkylation sites (tertiary alicyclic amines) is 1. The van der Waals surface area contributed by atoms with E-state index in [1.54, 1.807) is 24.3 Å². The van der Waals surface area contributed by atoms with E-state index in [0.29, 0.717) is 34.4 Å². The molecule has 2 aromatic carbocycles. The highest BCUT2D eigenvalue weighted by molar-refractivity contribution is 6.30. The Morgan fingerprint density at radius 3 is 2.70 bits per heavy atom. The molecule has 0 bridgehead atoms. The van der Waals surface area contributed by atoms with E-state index in [4.69, 9.17) is 16.1 Å². The molecule has 1 aliphatic heterocycles. The number of carbonyl (C=O) groups excluding carboxylic acids is 1. The topological polar surface area (TPSA) is 59.2 Å². The van der Waals surface area contributed by atoms with E-state index in [-0.39, 0.29) is 24.8 Å². The van der Waals surface area contributed by atoms with Gasteiger partial charge < -0.3 is 9.42 Å². The zero-order chi connectivity index (χ0) is 19.0. The number of amides is 1. The van der Waals surface area contributed by atoms with Crippen molar-refractivity contribution in [3.63, 3.8) is 0 Å². The number of halogens is 3. The van der Waals surface area contributed by atoms with Gasteiger partial charge in [0.1, 0.15) is 11.6 Å². The van der Waals surface area contributed by atoms with Crippen LogP contribution < -0.4 is 0 Å². The minimum Gasteiger partial charge on any atom is -0.338 e. The molecule has 138 valence electrons. The van der Waals surface area contributed by atoms with E-state index < -0.39 is 11.6 Å². The maximum Gasteiger partial charge on any atom is 0.257 e. The van der Waals surface area contributed by atoms with Gasteiger partial charge in [0.05, 0.1) is 0 Å². The minimum absolute atomic E-state index is 0.126. The standard InChI is InChI=1S/C19H14ClF2N3O2/c20-14-3-1-2-12(6-14)19-23-18(24-27-19)13-7-17(26)25(10-13)9-11-4-15(21)8-16(22)5-11/h1-6,8,13H,7,9-10H2. The van der Waals surface area contributed by atoms with Gasteiger partial charge in [-0.15, -0.1) is 0 Å². The Morgan fingerprint density at radius 2 is 1.96 bits per heavy atom. The maximum absolute atomic E-state index is 13.3. The lowest BCUT2D eigenvalue weighted by molar-refractivity contribution is -0.128. The van der Waals surface area contributed by atoms with Gasteiger partial charge in [0, 0.05) is 42.1 Å². The quantitative estimate of drug-likeness (QED) is 0.671. The van der Waals surface area contributed by atoms with Crippen molar-refractivity contribution in [2.24, 2.45) is 0 Å². The molecule has 0 aliphatic carbocycles. The fourth-order valence-electron chi connectivity index (χ4n) is 3.16. The molecule has 1 unspecified atom stereocenters. The van der Waals surface area contributed by atoms with Crippen molar-refractivity contribution < 1.29 is 18.1 Å². The normalized spacial score (nSPS) is 16.9. The fraction of sp³-hybridized carbons (Fsp3) is 0.211. The first-order valence-corrected chi connectivity index (χ1v) is 8.68. The van der Waals surface area contributed by atoms with Gasteiger partial charge in [-0.2, -0.15) is 4.98 Å². The van der Waals surface area contributed by atoms with Crippen LogP contribution in [0.4, 0.5) is 8.78 Å². The summed E-state index contributed by atoms with van der Waals surface area (Å²) in [5.41, 5.74) is 1.09. The molecule has 27 heavy (non-hydrogen) atoms. The molecular weight excluding hydrogens is 376 g/mol. The van der Waals surface area contributed by atoms with Crippen molar-refractivity contribution in [1.29, 1.82) is 0 Å². The minimum atomic E-state index is -0.669. The van der Waals surface area contributed by atoms with Gasteiger partial charge in [-0.3, -0.25) is 4.79 Å². The molecule has 5 nitrogen and oxygen atoms in total. The van der Waals surface area contributed by atoms with Crippen LogP contribution in [-0.4, -0.2) is 27.5 Å². The summed E-state index contributed by atoms with van der Waals surface area (Å²) < 4.78 is 32.0. The highest BCUT2D eigenvalue weighted by Gasteiger charge is 2.33. The van der Waals surface area contributed by atoms with E-state index >= 15 is 0 Å². The van der Waals surface area contributed by atoms with Crippen molar-refractivity contribution in [2.75, 3.05) is 6.54 Å². The summed E-state index contributed by atoms with van der Waals surface area (Å²) in [6.45, 7) is 0.481. The van der Waals surface area contributed by atoms with Crippen LogP contribution in [0.3, 0.4) is 0 Å². The summed E-state index contributed by atoms with van der Waals surface area (Å²) in [6.07, 6.45) is 0.215. The summed E-state index contributed by atoms with van der Waals surface area (Å²) in [5.74, 6) is -0.960. The summed E-state index contributed by atoms with van der Waals surface area (Å²) >= 11 is 5.97. The Balaban J connectivity index is 1.49. The summed E-state index contributed by atoms with van der Waals surface area (Å²) in [5, 5.41) is 4.53. The van der Waals surface area contributed by atoms with Gasteiger partial charge in [-0.05, 0) is 35.9 Å². The maximum atomic E-state index is 13.3. The molecule has 1 aromatic heterocycles. The molecule has 0 saturated carbocycles. The smallest absolute Gasteiger partial charge is 0.257 e. The van der Waals surface area contributed by atoms with Crippen LogP contribution in [0, 0.1) is 11.6 Å². The summed E-state index contributed by atoms with van der Waals surface area (Å²) in [4.78, 5) is 18.2. The van der Waals surface area contributed by atoms with Crippen LogP contribution in [0.5, 0.6) is 0 Å². The van der Waals surface area contributed by atoms with Crippen molar-refractivity contribution in [2.45, 2.75) is 18.9 Å². The fourth-order valence-corrected chi connectivity index (χ4v) is 3.35. The molecule has 0 spiro atoms. The molecule has 8 heteroatoms. The summed E-state index contributed by atoms with van der Waals surface area (Å²) in [6, 6.07) is 10.3. The van der Waals surface area contributed by atoms with Gasteiger partial charge in [0.2, 0.25) is 5.91 Å².